The summed E-state index contributed by atoms with van der Waals surface area (Å²) in [6.07, 6.45) is 0.694. The molecule has 0 atom stereocenters. The third-order valence-electron chi connectivity index (χ3n) is 6.61. The molecule has 0 saturated carbocycles. The van der Waals surface area contributed by atoms with Gasteiger partial charge in [-0.25, -0.2) is 9.18 Å². The van der Waals surface area contributed by atoms with Gasteiger partial charge in [0.2, 0.25) is 5.91 Å². The number of carbonyl (C=O) groups excluding carboxylic acids is 3. The predicted octanol–water partition coefficient (Wildman–Crippen LogP) is 6.22. The second kappa shape index (κ2) is 13.1. The van der Waals surface area contributed by atoms with Crippen molar-refractivity contribution in [2.24, 2.45) is 0 Å². The van der Waals surface area contributed by atoms with E-state index in [1.807, 2.05) is 24.3 Å². The minimum atomic E-state index is -0.599. The third-order valence-corrected chi connectivity index (χ3v) is 8.73. The number of nitrogens with one attached hydrogen (secondary N) is 2. The first-order valence-electron chi connectivity index (χ1n) is 13.0. The highest BCUT2D eigenvalue weighted by molar-refractivity contribution is 8.00. The molecule has 3 aromatic carbocycles. The summed E-state index contributed by atoms with van der Waals surface area (Å²) in [6.45, 7) is 2.30. The number of methoxy groups -OCH3 is 1. The average molecular weight is 590 g/mol. The number of fused-ring (bicyclic) bond motifs is 1. The summed E-state index contributed by atoms with van der Waals surface area (Å²) >= 11 is 2.70. The number of hydrogen-bond donors (Lipinski definition) is 2. The van der Waals surface area contributed by atoms with E-state index in [1.165, 1.54) is 54.0 Å². The van der Waals surface area contributed by atoms with E-state index < -0.39 is 17.7 Å². The Labute approximate surface area is 245 Å². The van der Waals surface area contributed by atoms with Crippen molar-refractivity contribution in [1.29, 1.82) is 0 Å². The Bertz CT molecular complexity index is 1570. The number of carbonyl (C=O) groups is 3. The van der Waals surface area contributed by atoms with E-state index in [0.29, 0.717) is 29.2 Å². The number of ether oxygens (including phenoxy) is 1. The molecule has 41 heavy (non-hydrogen) atoms. The van der Waals surface area contributed by atoms with Crippen LogP contribution in [0.2, 0.25) is 0 Å². The van der Waals surface area contributed by atoms with Crippen LogP contribution in [0.25, 0.3) is 0 Å². The third kappa shape index (κ3) is 7.02. The van der Waals surface area contributed by atoms with Crippen LogP contribution >= 0.6 is 23.1 Å². The Morgan fingerprint density at radius 2 is 1.78 bits per heavy atom. The topological polar surface area (TPSA) is 87.7 Å². The van der Waals surface area contributed by atoms with Gasteiger partial charge in [-0.15, -0.1) is 23.1 Å². The smallest absolute Gasteiger partial charge is 0.341 e. The number of rotatable bonds is 9. The zero-order chi connectivity index (χ0) is 28.8. The van der Waals surface area contributed by atoms with Crippen LogP contribution in [0.15, 0.2) is 83.8 Å². The minimum Gasteiger partial charge on any atom is -0.465 e. The molecule has 2 heterocycles. The van der Waals surface area contributed by atoms with E-state index >= 15 is 0 Å². The van der Waals surface area contributed by atoms with Gasteiger partial charge < -0.3 is 15.4 Å². The molecule has 7 nitrogen and oxygen atoms in total. The summed E-state index contributed by atoms with van der Waals surface area (Å²) in [6, 6.07) is 23.0. The van der Waals surface area contributed by atoms with Crippen LogP contribution in [0, 0.1) is 5.82 Å². The van der Waals surface area contributed by atoms with E-state index in [2.05, 4.69) is 27.7 Å². The molecule has 0 saturated heterocycles. The molecular weight excluding hydrogens is 561 g/mol. The Kier molecular flexibility index (Phi) is 9.13. The zero-order valence-electron chi connectivity index (χ0n) is 22.3. The highest BCUT2D eigenvalue weighted by Gasteiger charge is 2.29. The quantitative estimate of drug-likeness (QED) is 0.178. The molecule has 4 aromatic rings. The Morgan fingerprint density at radius 3 is 2.56 bits per heavy atom. The number of amides is 2. The lowest BCUT2D eigenvalue weighted by molar-refractivity contribution is -0.113. The molecule has 0 bridgehead atoms. The van der Waals surface area contributed by atoms with Crippen molar-refractivity contribution in [3.8, 4) is 0 Å². The maximum absolute atomic E-state index is 14.0. The van der Waals surface area contributed by atoms with Crippen LogP contribution in [-0.4, -0.2) is 42.1 Å². The van der Waals surface area contributed by atoms with Crippen LogP contribution in [0.1, 0.15) is 36.7 Å². The maximum atomic E-state index is 14.0. The Hall–Kier alpha value is -3.99. The molecule has 2 N–H and O–H groups in total. The van der Waals surface area contributed by atoms with Crippen molar-refractivity contribution >= 4 is 51.6 Å². The van der Waals surface area contributed by atoms with E-state index in [1.54, 1.807) is 24.3 Å². The molecule has 0 aliphatic carbocycles. The van der Waals surface area contributed by atoms with E-state index in [0.717, 1.165) is 28.4 Å². The van der Waals surface area contributed by atoms with Gasteiger partial charge in [-0.3, -0.25) is 14.5 Å². The maximum Gasteiger partial charge on any atom is 0.341 e. The lowest BCUT2D eigenvalue weighted by Crippen LogP contribution is -2.29. The minimum absolute atomic E-state index is 0.0480. The van der Waals surface area contributed by atoms with Crippen molar-refractivity contribution in [1.82, 2.24) is 4.90 Å². The van der Waals surface area contributed by atoms with Crippen molar-refractivity contribution in [3.05, 3.63) is 112 Å². The Morgan fingerprint density at radius 1 is 1.00 bits per heavy atom. The molecule has 2 amide bonds. The molecule has 10 heteroatoms. The fourth-order valence-corrected chi connectivity index (χ4v) is 6.71. The fourth-order valence-electron chi connectivity index (χ4n) is 4.66. The highest BCUT2D eigenvalue weighted by Crippen LogP contribution is 2.38. The Balaban J connectivity index is 1.23. The van der Waals surface area contributed by atoms with Crippen molar-refractivity contribution in [3.63, 3.8) is 0 Å². The van der Waals surface area contributed by atoms with Crippen molar-refractivity contribution in [2.45, 2.75) is 24.4 Å². The summed E-state index contributed by atoms with van der Waals surface area (Å²) in [4.78, 5) is 42.2. The fraction of sp³-hybridized carbons (Fsp3) is 0.194. The summed E-state index contributed by atoms with van der Waals surface area (Å²) < 4.78 is 19.0. The predicted molar refractivity (Wildman–Crippen MR) is 160 cm³/mol. The summed E-state index contributed by atoms with van der Waals surface area (Å²) in [5.74, 6) is -1.78. The summed E-state index contributed by atoms with van der Waals surface area (Å²) in [7, 11) is 1.34. The first kappa shape index (κ1) is 28.5. The van der Waals surface area contributed by atoms with Gasteiger partial charge in [0.25, 0.3) is 5.91 Å². The number of hydrogen-bond acceptors (Lipinski definition) is 7. The molecule has 0 unspecified atom stereocenters. The molecule has 5 rings (SSSR count). The molecule has 0 spiro atoms. The number of benzene rings is 3. The second-order valence-electron chi connectivity index (χ2n) is 9.44. The number of halogens is 1. The lowest BCUT2D eigenvalue weighted by Gasteiger charge is -2.27. The normalized spacial score (nSPS) is 12.8. The average Bonchev–Trinajstić information content (AvgIpc) is 3.33. The number of thiophene rings is 1. The van der Waals surface area contributed by atoms with E-state index in [9.17, 15) is 18.8 Å². The van der Waals surface area contributed by atoms with Gasteiger partial charge >= 0.3 is 5.97 Å². The van der Waals surface area contributed by atoms with Crippen LogP contribution < -0.4 is 10.6 Å². The van der Waals surface area contributed by atoms with E-state index in [-0.39, 0.29) is 17.2 Å². The van der Waals surface area contributed by atoms with Crippen molar-refractivity contribution < 1.29 is 23.5 Å². The van der Waals surface area contributed by atoms with Gasteiger partial charge in [0, 0.05) is 35.1 Å². The van der Waals surface area contributed by atoms with Gasteiger partial charge in [-0.1, -0.05) is 48.5 Å². The first-order chi connectivity index (χ1) is 19.9. The summed E-state index contributed by atoms with van der Waals surface area (Å²) in [5, 5.41) is 6.11. The summed E-state index contributed by atoms with van der Waals surface area (Å²) in [5.41, 5.74) is 3.04. The molecule has 210 valence electrons. The lowest BCUT2D eigenvalue weighted by atomic mass is 10.0. The number of nitrogens with zero attached hydrogens (tertiary/aromatic N) is 1. The standard InChI is InChI=1S/C31H28FN3O4S2/c1-39-31(38)28-24-14-15-35(17-20-8-3-2-4-9-20)18-26(24)41-30(28)34-27(36)19-40-22-11-7-10-21(16-22)33-29(37)23-12-5-6-13-25(23)32/h2-13,16H,14-15,17-19H2,1H3,(H,33,37)(H,34,36). The molecular formula is C31H28FN3O4S2. The number of esters is 1. The number of thioether (sulfide) groups is 1. The van der Waals surface area contributed by atoms with Gasteiger partial charge in [-0.05, 0) is 47.9 Å². The van der Waals surface area contributed by atoms with Gasteiger partial charge in [0.05, 0.1) is 24.0 Å². The van der Waals surface area contributed by atoms with Crippen molar-refractivity contribution in [2.75, 3.05) is 30.0 Å². The number of anilines is 2. The van der Waals surface area contributed by atoms with Gasteiger partial charge in [-0.2, -0.15) is 0 Å². The first-order valence-corrected chi connectivity index (χ1v) is 14.8. The molecule has 0 radical (unpaired) electrons. The van der Waals surface area contributed by atoms with Gasteiger partial charge in [0.15, 0.2) is 0 Å². The zero-order valence-corrected chi connectivity index (χ0v) is 23.9. The molecule has 0 fully saturated rings. The monoisotopic (exact) mass is 589 g/mol. The van der Waals surface area contributed by atoms with Crippen LogP contribution in [-0.2, 0) is 29.0 Å². The second-order valence-corrected chi connectivity index (χ2v) is 11.6. The highest BCUT2D eigenvalue weighted by atomic mass is 32.2. The van der Waals surface area contributed by atoms with E-state index in [4.69, 9.17) is 4.74 Å². The molecule has 1 aromatic heterocycles. The largest absolute Gasteiger partial charge is 0.465 e. The van der Waals surface area contributed by atoms with Crippen LogP contribution in [0.4, 0.5) is 15.1 Å². The van der Waals surface area contributed by atoms with Crippen LogP contribution in [0.5, 0.6) is 0 Å². The SMILES string of the molecule is COC(=O)c1c(NC(=O)CSc2cccc(NC(=O)c3ccccc3F)c2)sc2c1CCN(Cc1ccccc1)C2. The van der Waals surface area contributed by atoms with Gasteiger partial charge in [0.1, 0.15) is 10.8 Å². The van der Waals surface area contributed by atoms with Crippen LogP contribution in [0.3, 0.4) is 0 Å². The molecule has 1 aliphatic heterocycles. The molecule has 1 aliphatic rings.